The molecule has 4 nitrogen and oxygen atoms in total. The molecule has 15 heavy (non-hydrogen) atoms. The summed E-state index contributed by atoms with van der Waals surface area (Å²) in [7, 11) is 1.18. The van der Waals surface area contributed by atoms with E-state index in [1.807, 2.05) is 0 Å². The average molecular weight is 216 g/mol. The molecule has 0 unspecified atom stereocenters. The van der Waals surface area contributed by atoms with Gasteiger partial charge in [-0.05, 0) is 12.1 Å². The maximum absolute atomic E-state index is 13.0. The number of ether oxygens (including phenoxy) is 1. The Morgan fingerprint density at radius 3 is 2.80 bits per heavy atom. The molecule has 0 aromatic carbocycles. The zero-order chi connectivity index (χ0) is 11.4. The fraction of sp³-hybridized carbons (Fsp3) is 0.333. The van der Waals surface area contributed by atoms with Crippen molar-refractivity contribution >= 4 is 5.97 Å². The second-order valence-electron chi connectivity index (χ2n) is 2.92. The average Bonchev–Trinajstić information content (AvgIpc) is 2.20. The Balaban J connectivity index is 2.76. The molecule has 0 aliphatic rings. The molecule has 0 saturated heterocycles. The molecule has 0 aliphatic heterocycles. The van der Waals surface area contributed by atoms with E-state index in [4.69, 9.17) is 5.73 Å². The van der Waals surface area contributed by atoms with Crippen molar-refractivity contribution in [2.45, 2.75) is 12.5 Å². The second-order valence-corrected chi connectivity index (χ2v) is 2.92. The Kier molecular flexibility index (Phi) is 3.68. The molecular formula is C9H10F2N2O2. The molecule has 1 aromatic rings. The monoisotopic (exact) mass is 216 g/mol. The van der Waals surface area contributed by atoms with Gasteiger partial charge in [-0.3, -0.25) is 4.79 Å². The SMILES string of the molecule is COC(=O)[C@@H](N)Cc1ccc(F)nc1F. The van der Waals surface area contributed by atoms with E-state index in [0.717, 1.165) is 6.07 Å². The van der Waals surface area contributed by atoms with Crippen LogP contribution >= 0.6 is 0 Å². The second kappa shape index (κ2) is 4.79. The number of pyridine rings is 1. The number of halogens is 2. The summed E-state index contributed by atoms with van der Waals surface area (Å²) in [6, 6.07) is 1.22. The van der Waals surface area contributed by atoms with Crippen LogP contribution in [0.4, 0.5) is 8.78 Å². The molecule has 0 saturated carbocycles. The maximum atomic E-state index is 13.0. The highest BCUT2D eigenvalue weighted by Crippen LogP contribution is 2.08. The van der Waals surface area contributed by atoms with Crippen LogP contribution in [0.3, 0.4) is 0 Å². The van der Waals surface area contributed by atoms with E-state index in [-0.39, 0.29) is 12.0 Å². The Morgan fingerprint density at radius 2 is 2.27 bits per heavy atom. The molecule has 1 aromatic heterocycles. The van der Waals surface area contributed by atoms with Gasteiger partial charge < -0.3 is 10.5 Å². The lowest BCUT2D eigenvalue weighted by Crippen LogP contribution is -2.34. The van der Waals surface area contributed by atoms with Gasteiger partial charge in [-0.15, -0.1) is 0 Å². The predicted octanol–water partition coefficient (Wildman–Crippen LogP) is 0.403. The molecule has 0 amide bonds. The summed E-state index contributed by atoms with van der Waals surface area (Å²) in [5, 5.41) is 0. The van der Waals surface area contributed by atoms with Gasteiger partial charge >= 0.3 is 5.97 Å². The van der Waals surface area contributed by atoms with E-state index in [0.29, 0.717) is 0 Å². The molecule has 1 heterocycles. The van der Waals surface area contributed by atoms with Gasteiger partial charge in [0.05, 0.1) is 7.11 Å². The summed E-state index contributed by atoms with van der Waals surface area (Å²) in [5.41, 5.74) is 5.48. The molecule has 1 rings (SSSR count). The molecule has 1 atom stereocenters. The van der Waals surface area contributed by atoms with Crippen molar-refractivity contribution in [3.63, 3.8) is 0 Å². The topological polar surface area (TPSA) is 65.2 Å². The van der Waals surface area contributed by atoms with Crippen LogP contribution in [0, 0.1) is 11.9 Å². The van der Waals surface area contributed by atoms with Gasteiger partial charge in [0.25, 0.3) is 0 Å². The molecule has 82 valence electrons. The van der Waals surface area contributed by atoms with Crippen molar-refractivity contribution in [2.75, 3.05) is 7.11 Å². The van der Waals surface area contributed by atoms with Gasteiger partial charge in [0.15, 0.2) is 0 Å². The van der Waals surface area contributed by atoms with E-state index in [1.54, 1.807) is 0 Å². The van der Waals surface area contributed by atoms with Crippen molar-refractivity contribution < 1.29 is 18.3 Å². The summed E-state index contributed by atoms with van der Waals surface area (Å²) in [6.07, 6.45) is -0.0776. The first-order valence-corrected chi connectivity index (χ1v) is 4.19. The molecular weight excluding hydrogens is 206 g/mol. The number of aromatic nitrogens is 1. The van der Waals surface area contributed by atoms with Crippen LogP contribution < -0.4 is 5.73 Å². The van der Waals surface area contributed by atoms with E-state index >= 15 is 0 Å². The minimum atomic E-state index is -0.975. The van der Waals surface area contributed by atoms with Crippen LogP contribution in [0.5, 0.6) is 0 Å². The first-order chi connectivity index (χ1) is 7.04. The largest absolute Gasteiger partial charge is 0.468 e. The smallest absolute Gasteiger partial charge is 0.322 e. The van der Waals surface area contributed by atoms with Gasteiger partial charge in [-0.25, -0.2) is 0 Å². The summed E-state index contributed by atoms with van der Waals surface area (Å²) in [4.78, 5) is 13.9. The highest BCUT2D eigenvalue weighted by molar-refractivity contribution is 5.75. The van der Waals surface area contributed by atoms with E-state index in [9.17, 15) is 13.6 Å². The standard InChI is InChI=1S/C9H10F2N2O2/c1-15-9(14)6(12)4-5-2-3-7(10)13-8(5)11/h2-3,6H,4,12H2,1H3/t6-/m0/s1. The number of carbonyl (C=O) groups excluding carboxylic acids is 1. The number of rotatable bonds is 3. The van der Waals surface area contributed by atoms with Crippen molar-refractivity contribution in [1.29, 1.82) is 0 Å². The fourth-order valence-corrected chi connectivity index (χ4v) is 1.06. The normalized spacial score (nSPS) is 12.3. The Hall–Kier alpha value is -1.56. The quantitative estimate of drug-likeness (QED) is 0.586. The first-order valence-electron chi connectivity index (χ1n) is 4.19. The van der Waals surface area contributed by atoms with Crippen molar-refractivity contribution in [3.05, 3.63) is 29.6 Å². The summed E-state index contributed by atoms with van der Waals surface area (Å²) >= 11 is 0. The van der Waals surface area contributed by atoms with E-state index in [2.05, 4.69) is 9.72 Å². The lowest BCUT2D eigenvalue weighted by atomic mass is 10.1. The highest BCUT2D eigenvalue weighted by Gasteiger charge is 2.17. The van der Waals surface area contributed by atoms with Crippen LogP contribution in [0.2, 0.25) is 0 Å². The lowest BCUT2D eigenvalue weighted by molar-refractivity contribution is -0.142. The zero-order valence-electron chi connectivity index (χ0n) is 8.04. The third-order valence-corrected chi connectivity index (χ3v) is 1.84. The van der Waals surface area contributed by atoms with E-state index < -0.39 is 23.9 Å². The van der Waals surface area contributed by atoms with Crippen molar-refractivity contribution in [2.24, 2.45) is 5.73 Å². The number of hydrogen-bond acceptors (Lipinski definition) is 4. The molecule has 0 radical (unpaired) electrons. The van der Waals surface area contributed by atoms with Gasteiger partial charge in [-0.1, -0.05) is 0 Å². The molecule has 0 bridgehead atoms. The number of carbonyl (C=O) groups is 1. The molecule has 0 fully saturated rings. The predicted molar refractivity (Wildman–Crippen MR) is 47.8 cm³/mol. The molecule has 6 heteroatoms. The third kappa shape index (κ3) is 2.95. The van der Waals surface area contributed by atoms with Crippen LogP contribution in [0.25, 0.3) is 0 Å². The summed E-state index contributed by atoms with van der Waals surface area (Å²) < 4.78 is 29.8. The summed E-state index contributed by atoms with van der Waals surface area (Å²) in [5.74, 6) is -2.53. The van der Waals surface area contributed by atoms with Gasteiger partial charge in [0.1, 0.15) is 6.04 Å². The van der Waals surface area contributed by atoms with Crippen LogP contribution in [-0.2, 0) is 16.0 Å². The third-order valence-electron chi connectivity index (χ3n) is 1.84. The minimum Gasteiger partial charge on any atom is -0.468 e. The highest BCUT2D eigenvalue weighted by atomic mass is 19.1. The number of nitrogens with two attached hydrogens (primary N) is 1. The van der Waals surface area contributed by atoms with Crippen molar-refractivity contribution in [1.82, 2.24) is 4.98 Å². The van der Waals surface area contributed by atoms with Gasteiger partial charge in [-0.2, -0.15) is 13.8 Å². The van der Waals surface area contributed by atoms with Crippen LogP contribution in [-0.4, -0.2) is 24.1 Å². The Bertz CT molecular complexity index is 371. The number of nitrogens with zero attached hydrogens (tertiary/aromatic N) is 1. The van der Waals surface area contributed by atoms with Gasteiger partial charge in [0, 0.05) is 12.0 Å². The Morgan fingerprint density at radius 1 is 1.60 bits per heavy atom. The summed E-state index contributed by atoms with van der Waals surface area (Å²) in [6.45, 7) is 0. The number of esters is 1. The van der Waals surface area contributed by atoms with Crippen LogP contribution in [0.1, 0.15) is 5.56 Å². The minimum absolute atomic E-state index is 0.0776. The van der Waals surface area contributed by atoms with E-state index in [1.165, 1.54) is 13.2 Å². The number of hydrogen-bond donors (Lipinski definition) is 1. The van der Waals surface area contributed by atoms with Gasteiger partial charge in [0.2, 0.25) is 11.9 Å². The first kappa shape index (κ1) is 11.5. The maximum Gasteiger partial charge on any atom is 0.322 e. The Labute approximate surface area is 85.1 Å². The van der Waals surface area contributed by atoms with Crippen molar-refractivity contribution in [3.8, 4) is 0 Å². The molecule has 2 N–H and O–H groups in total. The molecule has 0 aliphatic carbocycles. The molecule has 0 spiro atoms. The fourth-order valence-electron chi connectivity index (χ4n) is 1.06. The van der Waals surface area contributed by atoms with Crippen LogP contribution in [0.15, 0.2) is 12.1 Å². The zero-order valence-corrected chi connectivity index (χ0v) is 8.04. The lowest BCUT2D eigenvalue weighted by Gasteiger charge is -2.09. The number of methoxy groups -OCH3 is 1.